The van der Waals surface area contributed by atoms with Crippen LogP contribution in [0.15, 0.2) is 0 Å². The Morgan fingerprint density at radius 2 is 0.929 bits per heavy atom. The fourth-order valence-corrected chi connectivity index (χ4v) is 1.16. The van der Waals surface area contributed by atoms with E-state index in [0.717, 1.165) is 0 Å². The van der Waals surface area contributed by atoms with Gasteiger partial charge in [-0.25, -0.2) is 19.2 Å². The van der Waals surface area contributed by atoms with Gasteiger partial charge in [0.2, 0.25) is 0 Å². The van der Waals surface area contributed by atoms with E-state index in [1.807, 2.05) is 0 Å². The Balaban J connectivity index is 4.59. The molecule has 14 nitrogen and oxygen atoms in total. The number of aliphatic hydroxyl groups is 3. The molecule has 0 heterocycles. The summed E-state index contributed by atoms with van der Waals surface area (Å²) < 4.78 is 30.5. The van der Waals surface area contributed by atoms with Crippen LogP contribution >= 0.6 is 0 Å². The van der Waals surface area contributed by atoms with Crippen molar-refractivity contribution in [2.75, 3.05) is 39.6 Å². The first-order chi connectivity index (χ1) is 13.4. The van der Waals surface area contributed by atoms with E-state index in [1.54, 1.807) is 0 Å². The van der Waals surface area contributed by atoms with Gasteiger partial charge in [0.15, 0.2) is 0 Å². The zero-order valence-electron chi connectivity index (χ0n) is 14.8. The van der Waals surface area contributed by atoms with Crippen molar-refractivity contribution >= 4 is 24.6 Å². The van der Waals surface area contributed by atoms with Gasteiger partial charge in [-0.2, -0.15) is 0 Å². The third-order valence-corrected chi connectivity index (χ3v) is 2.31. The predicted molar refractivity (Wildman–Crippen MR) is 82.7 cm³/mol. The average molecular weight is 414 g/mol. The maximum absolute atomic E-state index is 11.5. The SMILES string of the molecule is O=C(OCCCO)OC(=O)OC(OC(=O)OCCCO)OC(=O)OCCCO. The summed E-state index contributed by atoms with van der Waals surface area (Å²) in [6.07, 6.45) is -5.81. The Labute approximate surface area is 158 Å². The highest BCUT2D eigenvalue weighted by molar-refractivity contribution is 5.77. The van der Waals surface area contributed by atoms with Crippen LogP contribution in [0.4, 0.5) is 19.2 Å². The fraction of sp³-hybridized carbons (Fsp3) is 0.714. The zero-order valence-corrected chi connectivity index (χ0v) is 14.8. The minimum atomic E-state index is -2.33. The second kappa shape index (κ2) is 16.3. The van der Waals surface area contributed by atoms with Crippen LogP contribution in [0.3, 0.4) is 0 Å². The predicted octanol–water partition coefficient (Wildman–Crippen LogP) is 0.0134. The Morgan fingerprint density at radius 1 is 0.571 bits per heavy atom. The first-order valence-corrected chi connectivity index (χ1v) is 7.97. The highest BCUT2D eigenvalue weighted by Crippen LogP contribution is 2.06. The molecule has 0 aromatic carbocycles. The van der Waals surface area contributed by atoms with Gasteiger partial charge >= 0.3 is 31.1 Å². The normalized spacial score (nSPS) is 10.0. The fourth-order valence-electron chi connectivity index (χ4n) is 1.16. The monoisotopic (exact) mass is 414 g/mol. The summed E-state index contributed by atoms with van der Waals surface area (Å²) in [5.41, 5.74) is 0. The molecular formula is C14H22O14. The van der Waals surface area contributed by atoms with Gasteiger partial charge in [-0.05, 0) is 0 Å². The van der Waals surface area contributed by atoms with E-state index in [-0.39, 0.29) is 58.9 Å². The third-order valence-electron chi connectivity index (χ3n) is 2.31. The molecule has 0 radical (unpaired) electrons. The molecule has 0 spiro atoms. The van der Waals surface area contributed by atoms with Crippen molar-refractivity contribution in [1.82, 2.24) is 0 Å². The van der Waals surface area contributed by atoms with Crippen molar-refractivity contribution in [2.24, 2.45) is 0 Å². The average Bonchev–Trinajstić information content (AvgIpc) is 2.62. The van der Waals surface area contributed by atoms with Gasteiger partial charge in [0.05, 0.1) is 19.8 Å². The third kappa shape index (κ3) is 14.3. The van der Waals surface area contributed by atoms with Gasteiger partial charge in [0.25, 0.3) is 0 Å². The molecule has 0 amide bonds. The molecule has 0 saturated heterocycles. The van der Waals surface area contributed by atoms with Gasteiger partial charge in [-0.3, -0.25) is 0 Å². The number of hydrogen-bond acceptors (Lipinski definition) is 14. The van der Waals surface area contributed by atoms with Crippen molar-refractivity contribution in [3.63, 3.8) is 0 Å². The molecule has 0 aromatic rings. The summed E-state index contributed by atoms with van der Waals surface area (Å²) in [5.74, 6) is 0. The molecule has 3 N–H and O–H groups in total. The van der Waals surface area contributed by atoms with Crippen LogP contribution in [0.2, 0.25) is 0 Å². The number of carbonyl (C=O) groups excluding carboxylic acids is 4. The molecule has 0 unspecified atom stereocenters. The number of aliphatic hydroxyl groups excluding tert-OH is 3. The standard InChI is InChI=1S/C14H22O14/c15-4-1-7-22-10(18)25-13(21)28-14(26-11(19)23-8-2-5-16)27-12(20)24-9-3-6-17/h14-17H,1-9H2. The van der Waals surface area contributed by atoms with Gasteiger partial charge in [-0.15, -0.1) is 0 Å². The molecule has 28 heavy (non-hydrogen) atoms. The minimum absolute atomic E-state index is 0.0897. The summed E-state index contributed by atoms with van der Waals surface area (Å²) in [5, 5.41) is 25.7. The maximum atomic E-state index is 11.5. The number of ether oxygens (including phenoxy) is 7. The molecule has 0 rings (SSSR count). The van der Waals surface area contributed by atoms with Gasteiger partial charge in [-0.1, -0.05) is 0 Å². The van der Waals surface area contributed by atoms with Crippen LogP contribution < -0.4 is 0 Å². The van der Waals surface area contributed by atoms with Crippen LogP contribution in [-0.2, 0) is 33.2 Å². The molecule has 0 bridgehead atoms. The van der Waals surface area contributed by atoms with Crippen molar-refractivity contribution < 1.29 is 67.7 Å². The summed E-state index contributed by atoms with van der Waals surface area (Å²) in [6.45, 7) is -3.88. The molecule has 0 saturated carbocycles. The van der Waals surface area contributed by atoms with Gasteiger partial charge < -0.3 is 48.5 Å². The summed E-state index contributed by atoms with van der Waals surface area (Å²) in [6, 6.07) is 0. The van der Waals surface area contributed by atoms with Crippen LogP contribution in [0.25, 0.3) is 0 Å². The minimum Gasteiger partial charge on any atom is -0.434 e. The lowest BCUT2D eigenvalue weighted by Gasteiger charge is -2.16. The lowest BCUT2D eigenvalue weighted by atomic mass is 10.5. The van der Waals surface area contributed by atoms with Crippen LogP contribution in [-0.4, -0.2) is 86.1 Å². The van der Waals surface area contributed by atoms with Gasteiger partial charge in [0.1, 0.15) is 0 Å². The van der Waals surface area contributed by atoms with E-state index in [1.165, 1.54) is 0 Å². The Morgan fingerprint density at radius 3 is 1.32 bits per heavy atom. The second-order valence-electron chi connectivity index (χ2n) is 4.52. The Bertz CT molecular complexity index is 455. The molecule has 0 fully saturated rings. The molecule has 0 aliphatic carbocycles. The van der Waals surface area contributed by atoms with Crippen molar-refractivity contribution in [3.05, 3.63) is 0 Å². The van der Waals surface area contributed by atoms with Gasteiger partial charge in [0, 0.05) is 39.1 Å². The van der Waals surface area contributed by atoms with Crippen LogP contribution in [0, 0.1) is 0 Å². The van der Waals surface area contributed by atoms with Crippen LogP contribution in [0.5, 0.6) is 0 Å². The molecule has 0 aliphatic heterocycles. The highest BCUT2D eigenvalue weighted by atomic mass is 17.0. The topological polar surface area (TPSA) is 194 Å². The molecular weight excluding hydrogens is 392 g/mol. The molecule has 0 aromatic heterocycles. The van der Waals surface area contributed by atoms with E-state index in [2.05, 4.69) is 33.2 Å². The smallest absolute Gasteiger partial charge is 0.434 e. The van der Waals surface area contributed by atoms with E-state index < -0.39 is 31.1 Å². The zero-order chi connectivity index (χ0) is 21.2. The lowest BCUT2D eigenvalue weighted by Crippen LogP contribution is -2.31. The molecule has 0 atom stereocenters. The first kappa shape index (κ1) is 25.2. The summed E-state index contributed by atoms with van der Waals surface area (Å²) in [4.78, 5) is 45.4. The van der Waals surface area contributed by atoms with E-state index >= 15 is 0 Å². The lowest BCUT2D eigenvalue weighted by molar-refractivity contribution is -0.224. The Kier molecular flexibility index (Phi) is 14.7. The van der Waals surface area contributed by atoms with E-state index in [9.17, 15) is 19.2 Å². The first-order valence-electron chi connectivity index (χ1n) is 7.97. The van der Waals surface area contributed by atoms with Crippen molar-refractivity contribution in [2.45, 2.75) is 25.7 Å². The summed E-state index contributed by atoms with van der Waals surface area (Å²) >= 11 is 0. The second-order valence-corrected chi connectivity index (χ2v) is 4.52. The van der Waals surface area contributed by atoms with E-state index in [0.29, 0.717) is 0 Å². The molecule has 14 heteroatoms. The molecule has 162 valence electrons. The Hall–Kier alpha value is -2.84. The van der Waals surface area contributed by atoms with E-state index in [4.69, 9.17) is 15.3 Å². The number of hydrogen-bond donors (Lipinski definition) is 3. The summed E-state index contributed by atoms with van der Waals surface area (Å²) in [7, 11) is 0. The maximum Gasteiger partial charge on any atom is 0.524 e. The van der Waals surface area contributed by atoms with Crippen molar-refractivity contribution in [3.8, 4) is 0 Å². The van der Waals surface area contributed by atoms with Crippen molar-refractivity contribution in [1.29, 1.82) is 0 Å². The molecule has 0 aliphatic rings. The number of rotatable bonds is 12. The largest absolute Gasteiger partial charge is 0.524 e. The number of carbonyl (C=O) groups is 4. The highest BCUT2D eigenvalue weighted by Gasteiger charge is 2.27. The van der Waals surface area contributed by atoms with Crippen LogP contribution in [0.1, 0.15) is 19.3 Å². The quantitative estimate of drug-likeness (QED) is 0.127.